The third kappa shape index (κ3) is 5.27. The van der Waals surface area contributed by atoms with E-state index in [0.717, 1.165) is 21.7 Å². The van der Waals surface area contributed by atoms with Gasteiger partial charge in [0.15, 0.2) is 0 Å². The number of benzene rings is 2. The first kappa shape index (κ1) is 18.3. The number of carbonyl (C=O) groups excluding carboxylic acids is 1. The Labute approximate surface area is 151 Å². The van der Waals surface area contributed by atoms with Crippen molar-refractivity contribution >= 4 is 27.5 Å². The summed E-state index contributed by atoms with van der Waals surface area (Å²) in [6, 6.07) is 12.6. The van der Waals surface area contributed by atoms with Crippen molar-refractivity contribution in [1.29, 1.82) is 0 Å². The first-order valence-corrected chi connectivity index (χ1v) is 8.75. The van der Waals surface area contributed by atoms with E-state index in [1.807, 2.05) is 31.2 Å². The van der Waals surface area contributed by atoms with Crippen LogP contribution in [0.1, 0.15) is 31.1 Å². The lowest BCUT2D eigenvalue weighted by Gasteiger charge is -2.11. The highest BCUT2D eigenvalue weighted by Crippen LogP contribution is 2.26. The molecule has 0 aliphatic carbocycles. The van der Waals surface area contributed by atoms with Crippen molar-refractivity contribution in [3.05, 3.63) is 52.5 Å². The second kappa shape index (κ2) is 8.73. The average molecular weight is 392 g/mol. The number of nitrogens with one attached hydrogen (secondary N) is 1. The molecule has 24 heavy (non-hydrogen) atoms. The van der Waals surface area contributed by atoms with E-state index in [-0.39, 0.29) is 5.91 Å². The number of carbonyl (C=O) groups is 1. The first-order valence-electron chi connectivity index (χ1n) is 7.96. The molecular weight excluding hydrogens is 370 g/mol. The normalized spacial score (nSPS) is 10.5. The monoisotopic (exact) mass is 391 g/mol. The molecule has 0 saturated heterocycles. The number of hydrogen-bond donors (Lipinski definition) is 1. The number of ether oxygens (including phenoxy) is 2. The van der Waals surface area contributed by atoms with Crippen LogP contribution in [0.25, 0.3) is 0 Å². The van der Waals surface area contributed by atoms with Crippen LogP contribution < -0.4 is 14.8 Å². The predicted octanol–water partition coefficient (Wildman–Crippen LogP) is 5.13. The van der Waals surface area contributed by atoms with Crippen molar-refractivity contribution < 1.29 is 14.3 Å². The van der Waals surface area contributed by atoms with E-state index >= 15 is 0 Å². The van der Waals surface area contributed by atoms with Crippen LogP contribution in [0.3, 0.4) is 0 Å². The van der Waals surface area contributed by atoms with E-state index < -0.39 is 0 Å². The van der Waals surface area contributed by atoms with Crippen LogP contribution in [0.2, 0.25) is 0 Å². The Balaban J connectivity index is 2.00. The Hall–Kier alpha value is -2.01. The first-order chi connectivity index (χ1) is 11.5. The van der Waals surface area contributed by atoms with E-state index in [9.17, 15) is 4.79 Å². The van der Waals surface area contributed by atoms with Gasteiger partial charge in [0.05, 0.1) is 17.7 Å². The highest BCUT2D eigenvalue weighted by molar-refractivity contribution is 9.10. The Bertz CT molecular complexity index is 684. The van der Waals surface area contributed by atoms with Crippen molar-refractivity contribution in [1.82, 2.24) is 0 Å². The lowest BCUT2D eigenvalue weighted by Crippen LogP contribution is -2.12. The highest BCUT2D eigenvalue weighted by atomic mass is 79.9. The van der Waals surface area contributed by atoms with Gasteiger partial charge in [0, 0.05) is 11.3 Å². The van der Waals surface area contributed by atoms with Crippen molar-refractivity contribution in [3.63, 3.8) is 0 Å². The summed E-state index contributed by atoms with van der Waals surface area (Å²) in [5, 5.41) is 2.87. The molecule has 2 aromatic rings. The van der Waals surface area contributed by atoms with Gasteiger partial charge >= 0.3 is 0 Å². The van der Waals surface area contributed by atoms with E-state index in [4.69, 9.17) is 9.47 Å². The predicted molar refractivity (Wildman–Crippen MR) is 100 cm³/mol. The van der Waals surface area contributed by atoms with Crippen molar-refractivity contribution in [2.75, 3.05) is 18.5 Å². The van der Waals surface area contributed by atoms with Crippen LogP contribution in [0, 0.1) is 5.92 Å². The van der Waals surface area contributed by atoms with Gasteiger partial charge < -0.3 is 14.8 Å². The van der Waals surface area contributed by atoms with Crippen LogP contribution in [-0.4, -0.2) is 19.1 Å². The van der Waals surface area contributed by atoms with Crippen molar-refractivity contribution in [3.8, 4) is 11.5 Å². The average Bonchev–Trinajstić information content (AvgIpc) is 2.56. The Morgan fingerprint density at radius 1 is 1.12 bits per heavy atom. The number of hydrogen-bond acceptors (Lipinski definition) is 3. The van der Waals surface area contributed by atoms with E-state index in [0.29, 0.717) is 24.7 Å². The van der Waals surface area contributed by atoms with Gasteiger partial charge in [0.25, 0.3) is 5.91 Å². The minimum Gasteiger partial charge on any atom is -0.493 e. The minimum atomic E-state index is -0.172. The van der Waals surface area contributed by atoms with Gasteiger partial charge in [-0.05, 0) is 71.2 Å². The Kier molecular flexibility index (Phi) is 6.67. The fraction of sp³-hybridized carbons (Fsp3) is 0.316. The summed E-state index contributed by atoms with van der Waals surface area (Å²) in [5.74, 6) is 1.82. The maximum absolute atomic E-state index is 12.3. The van der Waals surface area contributed by atoms with Crippen molar-refractivity contribution in [2.45, 2.75) is 20.8 Å². The molecule has 0 heterocycles. The maximum Gasteiger partial charge on any atom is 0.255 e. The van der Waals surface area contributed by atoms with E-state index in [1.165, 1.54) is 0 Å². The second-order valence-corrected chi connectivity index (χ2v) is 6.62. The molecule has 0 aromatic heterocycles. The van der Waals surface area contributed by atoms with Gasteiger partial charge in [-0.2, -0.15) is 0 Å². The van der Waals surface area contributed by atoms with Gasteiger partial charge in [0.1, 0.15) is 11.5 Å². The molecule has 0 bridgehead atoms. The molecule has 0 aliphatic rings. The lowest BCUT2D eigenvalue weighted by molar-refractivity contribution is 0.102. The molecule has 1 N–H and O–H groups in total. The third-order valence-electron chi connectivity index (χ3n) is 3.19. The smallest absolute Gasteiger partial charge is 0.255 e. The fourth-order valence-electron chi connectivity index (χ4n) is 2.02. The van der Waals surface area contributed by atoms with Gasteiger partial charge in [-0.15, -0.1) is 0 Å². The van der Waals surface area contributed by atoms with Crippen LogP contribution in [-0.2, 0) is 0 Å². The molecule has 0 unspecified atom stereocenters. The topological polar surface area (TPSA) is 47.6 Å². The fourth-order valence-corrected chi connectivity index (χ4v) is 2.51. The number of amides is 1. The summed E-state index contributed by atoms with van der Waals surface area (Å²) < 4.78 is 11.8. The van der Waals surface area contributed by atoms with Gasteiger partial charge in [-0.25, -0.2) is 0 Å². The van der Waals surface area contributed by atoms with Gasteiger partial charge in [-0.1, -0.05) is 13.8 Å². The van der Waals surface area contributed by atoms with Crippen molar-refractivity contribution in [2.24, 2.45) is 5.92 Å². The summed E-state index contributed by atoms with van der Waals surface area (Å²) >= 11 is 3.42. The van der Waals surface area contributed by atoms with E-state index in [1.54, 1.807) is 18.2 Å². The summed E-state index contributed by atoms with van der Waals surface area (Å²) in [5.41, 5.74) is 1.28. The molecule has 0 spiro atoms. The summed E-state index contributed by atoms with van der Waals surface area (Å²) in [6.45, 7) is 7.37. The molecular formula is C19H22BrNO3. The zero-order valence-corrected chi connectivity index (χ0v) is 15.7. The van der Waals surface area contributed by atoms with Crippen LogP contribution in [0.15, 0.2) is 46.9 Å². The summed E-state index contributed by atoms with van der Waals surface area (Å²) in [7, 11) is 0. The molecule has 0 aliphatic heterocycles. The standard InChI is InChI=1S/C19H22BrNO3/c1-4-23-18-10-5-14(11-17(18)20)19(22)21-15-6-8-16(9-7-15)24-12-13(2)3/h5-11,13H,4,12H2,1-3H3,(H,21,22). The van der Waals surface area contributed by atoms with Crippen LogP contribution in [0.4, 0.5) is 5.69 Å². The quantitative estimate of drug-likeness (QED) is 0.710. The molecule has 2 rings (SSSR count). The molecule has 0 radical (unpaired) electrons. The number of halogens is 1. The summed E-state index contributed by atoms with van der Waals surface area (Å²) in [6.07, 6.45) is 0. The van der Waals surface area contributed by atoms with Crippen LogP contribution in [0.5, 0.6) is 11.5 Å². The number of anilines is 1. The SMILES string of the molecule is CCOc1ccc(C(=O)Nc2ccc(OCC(C)C)cc2)cc1Br. The maximum atomic E-state index is 12.3. The number of rotatable bonds is 7. The van der Waals surface area contributed by atoms with Gasteiger partial charge in [-0.3, -0.25) is 4.79 Å². The highest BCUT2D eigenvalue weighted by Gasteiger charge is 2.09. The Morgan fingerprint density at radius 3 is 2.42 bits per heavy atom. The molecule has 0 atom stereocenters. The Morgan fingerprint density at radius 2 is 1.83 bits per heavy atom. The molecule has 128 valence electrons. The molecule has 0 fully saturated rings. The molecule has 4 nitrogen and oxygen atoms in total. The minimum absolute atomic E-state index is 0.172. The van der Waals surface area contributed by atoms with Gasteiger partial charge in [0.2, 0.25) is 0 Å². The lowest BCUT2D eigenvalue weighted by atomic mass is 10.2. The molecule has 5 heteroatoms. The largest absolute Gasteiger partial charge is 0.493 e. The third-order valence-corrected chi connectivity index (χ3v) is 3.81. The second-order valence-electron chi connectivity index (χ2n) is 5.76. The molecule has 2 aromatic carbocycles. The zero-order chi connectivity index (χ0) is 17.5. The zero-order valence-electron chi connectivity index (χ0n) is 14.1. The summed E-state index contributed by atoms with van der Waals surface area (Å²) in [4.78, 5) is 12.3. The van der Waals surface area contributed by atoms with Crippen LogP contribution >= 0.6 is 15.9 Å². The van der Waals surface area contributed by atoms with E-state index in [2.05, 4.69) is 35.1 Å². The molecule has 0 saturated carbocycles. The molecule has 1 amide bonds.